The van der Waals surface area contributed by atoms with Crippen LogP contribution in [0.25, 0.3) is 5.69 Å². The van der Waals surface area contributed by atoms with Gasteiger partial charge < -0.3 is 24.8 Å². The van der Waals surface area contributed by atoms with Crippen LogP contribution in [0.4, 0.5) is 26.2 Å². The van der Waals surface area contributed by atoms with Crippen molar-refractivity contribution in [2.24, 2.45) is 11.8 Å². The summed E-state index contributed by atoms with van der Waals surface area (Å²) in [6.07, 6.45) is 1.72. The van der Waals surface area contributed by atoms with Crippen molar-refractivity contribution in [2.75, 3.05) is 35.7 Å². The molecule has 0 saturated heterocycles. The van der Waals surface area contributed by atoms with Gasteiger partial charge in [-0.2, -0.15) is 0 Å². The molecule has 9 heteroatoms. The fourth-order valence-corrected chi connectivity index (χ4v) is 4.31. The van der Waals surface area contributed by atoms with E-state index in [0.29, 0.717) is 45.3 Å². The van der Waals surface area contributed by atoms with Crippen LogP contribution in [0.15, 0.2) is 54.7 Å². The number of amides is 2. The molecule has 36 heavy (non-hydrogen) atoms. The molecule has 0 fully saturated rings. The van der Waals surface area contributed by atoms with Gasteiger partial charge in [-0.25, -0.2) is 14.0 Å². The lowest BCUT2D eigenvalue weighted by atomic mass is 10.1. The molecule has 0 aliphatic rings. The molecule has 2 amide bonds. The molecule has 0 atom stereocenters. The third-order valence-electron chi connectivity index (χ3n) is 5.31. The molecular formula is C27H32ClFN4O3. The number of aromatic nitrogens is 1. The predicted molar refractivity (Wildman–Crippen MR) is 143 cm³/mol. The standard InChI is InChI=1S/C27H32ClFN4O3/c1-17(2)15-32(16-18(3)4)25-22(28)13-21(33-12-6-7-24(33)26(34)36-5)14-23(25)31-27(35)30-20-10-8-19(29)9-11-20/h6-14,17-18H,15-16H2,1-5H3,(H2,30,31,35). The van der Waals surface area contributed by atoms with Crippen molar-refractivity contribution in [1.82, 2.24) is 4.57 Å². The fourth-order valence-electron chi connectivity index (χ4n) is 3.97. The van der Waals surface area contributed by atoms with Gasteiger partial charge in [-0.3, -0.25) is 0 Å². The van der Waals surface area contributed by atoms with E-state index in [4.69, 9.17) is 16.3 Å². The molecule has 3 rings (SSSR count). The minimum Gasteiger partial charge on any atom is -0.464 e. The summed E-state index contributed by atoms with van der Waals surface area (Å²) in [5.41, 5.74) is 2.51. The summed E-state index contributed by atoms with van der Waals surface area (Å²) < 4.78 is 19.8. The Hall–Kier alpha value is -3.52. The molecule has 7 nitrogen and oxygen atoms in total. The highest BCUT2D eigenvalue weighted by molar-refractivity contribution is 6.34. The van der Waals surface area contributed by atoms with Crippen LogP contribution in [-0.2, 0) is 4.74 Å². The lowest BCUT2D eigenvalue weighted by Gasteiger charge is -2.31. The average Bonchev–Trinajstić information content (AvgIpc) is 3.29. The maximum Gasteiger partial charge on any atom is 0.355 e. The maximum absolute atomic E-state index is 13.3. The molecule has 2 N–H and O–H groups in total. The topological polar surface area (TPSA) is 75.6 Å². The van der Waals surface area contributed by atoms with E-state index in [0.717, 1.165) is 13.1 Å². The highest BCUT2D eigenvalue weighted by Gasteiger charge is 2.22. The Bertz CT molecular complexity index is 1200. The largest absolute Gasteiger partial charge is 0.464 e. The van der Waals surface area contributed by atoms with Crippen molar-refractivity contribution < 1.29 is 18.7 Å². The Balaban J connectivity index is 2.07. The van der Waals surface area contributed by atoms with Crippen LogP contribution in [0, 0.1) is 17.7 Å². The van der Waals surface area contributed by atoms with E-state index in [2.05, 4.69) is 43.2 Å². The first-order valence-corrected chi connectivity index (χ1v) is 12.1. The Labute approximate surface area is 216 Å². The summed E-state index contributed by atoms with van der Waals surface area (Å²) in [6, 6.07) is 11.9. The number of methoxy groups -OCH3 is 1. The van der Waals surface area contributed by atoms with Gasteiger partial charge in [0.25, 0.3) is 0 Å². The number of nitrogens with one attached hydrogen (secondary N) is 2. The van der Waals surface area contributed by atoms with Gasteiger partial charge in [-0.15, -0.1) is 0 Å². The minimum atomic E-state index is -0.509. The van der Waals surface area contributed by atoms with Gasteiger partial charge >= 0.3 is 12.0 Å². The van der Waals surface area contributed by atoms with Crippen LogP contribution < -0.4 is 15.5 Å². The Morgan fingerprint density at radius 2 is 1.67 bits per heavy atom. The van der Waals surface area contributed by atoms with Crippen molar-refractivity contribution in [3.05, 3.63) is 71.3 Å². The molecule has 0 aliphatic carbocycles. The van der Waals surface area contributed by atoms with E-state index in [-0.39, 0.29) is 0 Å². The van der Waals surface area contributed by atoms with Crippen LogP contribution in [-0.4, -0.2) is 36.8 Å². The van der Waals surface area contributed by atoms with Crippen LogP contribution in [0.1, 0.15) is 38.2 Å². The van der Waals surface area contributed by atoms with Crippen LogP contribution in [0.2, 0.25) is 5.02 Å². The molecular weight excluding hydrogens is 483 g/mol. The summed E-state index contributed by atoms with van der Waals surface area (Å²) in [7, 11) is 1.32. The van der Waals surface area contributed by atoms with Crippen molar-refractivity contribution in [1.29, 1.82) is 0 Å². The zero-order valence-corrected chi connectivity index (χ0v) is 21.9. The van der Waals surface area contributed by atoms with Gasteiger partial charge in [0.1, 0.15) is 11.5 Å². The third kappa shape index (κ3) is 6.79. The summed E-state index contributed by atoms with van der Waals surface area (Å²) in [5, 5.41) is 6.05. The zero-order chi connectivity index (χ0) is 26.4. The van der Waals surface area contributed by atoms with Gasteiger partial charge in [0, 0.05) is 30.7 Å². The molecule has 0 spiro atoms. The number of rotatable bonds is 9. The number of carbonyl (C=O) groups excluding carboxylic acids is 2. The number of ether oxygens (including phenoxy) is 1. The van der Waals surface area contributed by atoms with E-state index in [9.17, 15) is 14.0 Å². The highest BCUT2D eigenvalue weighted by atomic mass is 35.5. The lowest BCUT2D eigenvalue weighted by molar-refractivity contribution is 0.0591. The van der Waals surface area contributed by atoms with E-state index in [1.54, 1.807) is 35.0 Å². The second-order valence-electron chi connectivity index (χ2n) is 9.36. The predicted octanol–water partition coefficient (Wildman–Crippen LogP) is 6.82. The molecule has 1 heterocycles. The van der Waals surface area contributed by atoms with Crippen LogP contribution >= 0.6 is 11.6 Å². The molecule has 0 unspecified atom stereocenters. The summed E-state index contributed by atoms with van der Waals surface area (Å²) in [6.45, 7) is 9.92. The molecule has 2 aromatic carbocycles. The van der Waals surface area contributed by atoms with Crippen molar-refractivity contribution >= 4 is 40.7 Å². The second kappa shape index (κ2) is 11.9. The molecule has 1 aromatic heterocycles. The van der Waals surface area contributed by atoms with E-state index < -0.39 is 17.8 Å². The molecule has 0 saturated carbocycles. The van der Waals surface area contributed by atoms with Gasteiger partial charge in [0.15, 0.2) is 0 Å². The molecule has 3 aromatic rings. The Morgan fingerprint density at radius 3 is 2.25 bits per heavy atom. The number of esters is 1. The lowest BCUT2D eigenvalue weighted by Crippen LogP contribution is -2.33. The number of anilines is 3. The van der Waals surface area contributed by atoms with Gasteiger partial charge in [0.2, 0.25) is 0 Å². The number of benzene rings is 2. The first kappa shape index (κ1) is 27.1. The minimum absolute atomic E-state index is 0.323. The SMILES string of the molecule is COC(=O)c1cccn1-c1cc(Cl)c(N(CC(C)C)CC(C)C)c(NC(=O)Nc2ccc(F)cc2)c1. The second-order valence-corrected chi connectivity index (χ2v) is 9.76. The van der Waals surface area contributed by atoms with Crippen LogP contribution in [0.3, 0.4) is 0 Å². The van der Waals surface area contributed by atoms with E-state index in [1.165, 1.54) is 31.4 Å². The number of nitrogens with zero attached hydrogens (tertiary/aromatic N) is 2. The van der Waals surface area contributed by atoms with Gasteiger partial charge in [-0.05, 0) is 60.4 Å². The Kier molecular flexibility index (Phi) is 8.98. The number of urea groups is 1. The normalized spacial score (nSPS) is 11.0. The zero-order valence-electron chi connectivity index (χ0n) is 21.1. The monoisotopic (exact) mass is 514 g/mol. The smallest absolute Gasteiger partial charge is 0.355 e. The Morgan fingerprint density at radius 1 is 1.03 bits per heavy atom. The first-order valence-electron chi connectivity index (χ1n) is 11.8. The maximum atomic E-state index is 13.3. The fraction of sp³-hybridized carbons (Fsp3) is 0.333. The summed E-state index contributed by atoms with van der Waals surface area (Å²) >= 11 is 6.86. The number of hydrogen-bond donors (Lipinski definition) is 2. The number of hydrogen-bond acceptors (Lipinski definition) is 4. The molecule has 192 valence electrons. The first-order chi connectivity index (χ1) is 17.1. The number of halogens is 2. The van der Waals surface area contributed by atoms with Gasteiger partial charge in [-0.1, -0.05) is 39.3 Å². The van der Waals surface area contributed by atoms with Crippen molar-refractivity contribution in [2.45, 2.75) is 27.7 Å². The average molecular weight is 515 g/mol. The van der Waals surface area contributed by atoms with E-state index in [1.807, 2.05) is 0 Å². The van der Waals surface area contributed by atoms with E-state index >= 15 is 0 Å². The van der Waals surface area contributed by atoms with Crippen molar-refractivity contribution in [3.63, 3.8) is 0 Å². The highest BCUT2D eigenvalue weighted by Crippen LogP contribution is 2.38. The number of carbonyl (C=O) groups is 2. The molecule has 0 radical (unpaired) electrons. The van der Waals surface area contributed by atoms with Gasteiger partial charge in [0.05, 0.1) is 23.5 Å². The summed E-state index contributed by atoms with van der Waals surface area (Å²) in [5.74, 6) is -0.203. The third-order valence-corrected chi connectivity index (χ3v) is 5.60. The van der Waals surface area contributed by atoms with Crippen molar-refractivity contribution in [3.8, 4) is 5.69 Å². The molecule has 0 aliphatic heterocycles. The summed E-state index contributed by atoms with van der Waals surface area (Å²) in [4.78, 5) is 27.4. The quantitative estimate of drug-likeness (QED) is 0.307. The molecule has 0 bridgehead atoms. The van der Waals surface area contributed by atoms with Crippen LogP contribution in [0.5, 0.6) is 0 Å².